The monoisotopic (exact) mass is 352 g/mol. The zero-order valence-electron chi connectivity index (χ0n) is 16.0. The van der Waals surface area contributed by atoms with Crippen molar-refractivity contribution in [3.63, 3.8) is 0 Å². The van der Waals surface area contributed by atoms with Gasteiger partial charge in [-0.15, -0.1) is 0 Å². The van der Waals surface area contributed by atoms with Gasteiger partial charge in [0.2, 0.25) is 5.91 Å². The van der Waals surface area contributed by atoms with Crippen LogP contribution in [0.3, 0.4) is 0 Å². The lowest BCUT2D eigenvalue weighted by atomic mass is 9.94. The van der Waals surface area contributed by atoms with Gasteiger partial charge in [-0.3, -0.25) is 4.79 Å². The Balaban J connectivity index is 1.63. The summed E-state index contributed by atoms with van der Waals surface area (Å²) in [5.74, 6) is 1.58. The molecular formula is C19H36N4O2. The van der Waals surface area contributed by atoms with E-state index in [4.69, 9.17) is 0 Å². The van der Waals surface area contributed by atoms with Crippen LogP contribution in [0.15, 0.2) is 0 Å². The van der Waals surface area contributed by atoms with Gasteiger partial charge in [0.05, 0.1) is 0 Å². The van der Waals surface area contributed by atoms with Gasteiger partial charge in [0.15, 0.2) is 0 Å². The summed E-state index contributed by atoms with van der Waals surface area (Å²) in [6.07, 6.45) is 6.14. The summed E-state index contributed by atoms with van der Waals surface area (Å²) in [6, 6.07) is 0.0172. The minimum absolute atomic E-state index is 0.0172. The van der Waals surface area contributed by atoms with Crippen molar-refractivity contribution in [3.05, 3.63) is 0 Å². The Labute approximate surface area is 152 Å². The Hall–Kier alpha value is -1.30. The van der Waals surface area contributed by atoms with Gasteiger partial charge in [-0.1, -0.05) is 13.8 Å². The highest BCUT2D eigenvalue weighted by molar-refractivity contribution is 5.77. The molecular weight excluding hydrogens is 316 g/mol. The zero-order chi connectivity index (χ0) is 18.1. The Kier molecular flexibility index (Phi) is 8.52. The maximum atomic E-state index is 12.2. The van der Waals surface area contributed by atoms with Crippen LogP contribution in [0, 0.1) is 17.8 Å². The summed E-state index contributed by atoms with van der Waals surface area (Å²) < 4.78 is 0. The molecule has 0 aromatic rings. The average Bonchev–Trinajstić information content (AvgIpc) is 2.60. The van der Waals surface area contributed by atoms with Gasteiger partial charge in [0.25, 0.3) is 0 Å². The van der Waals surface area contributed by atoms with Crippen molar-refractivity contribution in [2.75, 3.05) is 39.3 Å². The normalized spacial score (nSPS) is 24.2. The number of nitrogens with zero attached hydrogens (tertiary/aromatic N) is 1. The van der Waals surface area contributed by atoms with Gasteiger partial charge >= 0.3 is 6.03 Å². The highest BCUT2D eigenvalue weighted by Gasteiger charge is 2.25. The molecule has 6 nitrogen and oxygen atoms in total. The zero-order valence-corrected chi connectivity index (χ0v) is 16.0. The first-order valence-corrected chi connectivity index (χ1v) is 10.0. The molecule has 0 spiro atoms. The van der Waals surface area contributed by atoms with E-state index in [1.54, 1.807) is 0 Å². The van der Waals surface area contributed by atoms with Crippen LogP contribution in [0.5, 0.6) is 0 Å². The van der Waals surface area contributed by atoms with Crippen LogP contribution >= 0.6 is 0 Å². The van der Waals surface area contributed by atoms with E-state index in [1.165, 1.54) is 12.8 Å². The summed E-state index contributed by atoms with van der Waals surface area (Å²) in [5, 5.41) is 9.47. The molecule has 0 radical (unpaired) electrons. The molecule has 2 atom stereocenters. The van der Waals surface area contributed by atoms with Crippen molar-refractivity contribution in [1.29, 1.82) is 0 Å². The van der Waals surface area contributed by atoms with E-state index < -0.39 is 0 Å². The molecule has 0 bridgehead atoms. The third-order valence-corrected chi connectivity index (χ3v) is 5.22. The number of amides is 3. The van der Waals surface area contributed by atoms with Gasteiger partial charge in [-0.25, -0.2) is 4.79 Å². The van der Waals surface area contributed by atoms with Crippen molar-refractivity contribution in [2.45, 2.75) is 52.4 Å². The van der Waals surface area contributed by atoms with Crippen molar-refractivity contribution in [3.8, 4) is 0 Å². The number of carbonyl (C=O) groups excluding carboxylic acids is 2. The van der Waals surface area contributed by atoms with Crippen molar-refractivity contribution in [2.24, 2.45) is 17.8 Å². The lowest BCUT2D eigenvalue weighted by molar-refractivity contribution is -0.122. The predicted octanol–water partition coefficient (Wildman–Crippen LogP) is 1.96. The minimum Gasteiger partial charge on any atom is -0.356 e. The molecule has 6 heteroatoms. The van der Waals surface area contributed by atoms with Crippen LogP contribution in [0.4, 0.5) is 4.79 Å². The fraction of sp³-hybridized carbons (Fsp3) is 0.895. The SMILES string of the molecule is CC(C)CNC(=O)N1CCCC(CC(=O)NCCC2CCCNC2)C1. The van der Waals surface area contributed by atoms with Crippen molar-refractivity contribution >= 4 is 11.9 Å². The average molecular weight is 353 g/mol. The van der Waals surface area contributed by atoms with Gasteiger partial charge in [0, 0.05) is 32.6 Å². The summed E-state index contributed by atoms with van der Waals surface area (Å²) in [7, 11) is 0. The second-order valence-corrected chi connectivity index (χ2v) is 8.09. The van der Waals surface area contributed by atoms with E-state index in [9.17, 15) is 9.59 Å². The molecule has 144 valence electrons. The lowest BCUT2D eigenvalue weighted by Gasteiger charge is -2.32. The van der Waals surface area contributed by atoms with Crippen LogP contribution in [0.1, 0.15) is 52.4 Å². The standard InChI is InChI=1S/C19H36N4O2/c1-15(2)12-22-19(25)23-10-4-6-17(14-23)11-18(24)21-9-7-16-5-3-8-20-13-16/h15-17,20H,3-14H2,1-2H3,(H,21,24)(H,22,25). The van der Waals surface area contributed by atoms with Gasteiger partial charge in [-0.05, 0) is 62.9 Å². The summed E-state index contributed by atoms with van der Waals surface area (Å²) in [6.45, 7) is 9.37. The van der Waals surface area contributed by atoms with Crippen LogP contribution < -0.4 is 16.0 Å². The number of urea groups is 1. The Morgan fingerprint density at radius 1 is 1.16 bits per heavy atom. The fourth-order valence-corrected chi connectivity index (χ4v) is 3.74. The van der Waals surface area contributed by atoms with Gasteiger partial charge in [0.1, 0.15) is 0 Å². The summed E-state index contributed by atoms with van der Waals surface area (Å²) >= 11 is 0. The maximum Gasteiger partial charge on any atom is 0.317 e. The Morgan fingerprint density at radius 2 is 1.96 bits per heavy atom. The highest BCUT2D eigenvalue weighted by Crippen LogP contribution is 2.20. The van der Waals surface area contributed by atoms with Crippen LogP contribution in [0.25, 0.3) is 0 Å². The second-order valence-electron chi connectivity index (χ2n) is 8.09. The molecule has 0 aliphatic carbocycles. The van der Waals surface area contributed by atoms with E-state index in [2.05, 4.69) is 29.8 Å². The van der Waals surface area contributed by atoms with E-state index in [1.807, 2.05) is 4.90 Å². The van der Waals surface area contributed by atoms with Crippen molar-refractivity contribution in [1.82, 2.24) is 20.9 Å². The number of likely N-dealkylation sites (tertiary alicyclic amines) is 1. The van der Waals surface area contributed by atoms with Gasteiger partial charge in [-0.2, -0.15) is 0 Å². The number of hydrogen-bond acceptors (Lipinski definition) is 3. The van der Waals surface area contributed by atoms with Crippen LogP contribution in [0.2, 0.25) is 0 Å². The molecule has 25 heavy (non-hydrogen) atoms. The quantitative estimate of drug-likeness (QED) is 0.656. The number of carbonyl (C=O) groups is 2. The molecule has 2 fully saturated rings. The number of nitrogens with one attached hydrogen (secondary N) is 3. The number of piperidine rings is 2. The first kappa shape index (κ1) is 20.0. The van der Waals surface area contributed by atoms with E-state index >= 15 is 0 Å². The third kappa shape index (κ3) is 7.63. The largest absolute Gasteiger partial charge is 0.356 e. The number of hydrogen-bond donors (Lipinski definition) is 3. The first-order chi connectivity index (χ1) is 12.0. The second kappa shape index (κ2) is 10.6. The molecule has 2 saturated heterocycles. The molecule has 0 aromatic carbocycles. The maximum absolute atomic E-state index is 12.2. The van der Waals surface area contributed by atoms with E-state index in [-0.39, 0.29) is 17.9 Å². The molecule has 2 aliphatic heterocycles. The molecule has 0 aromatic heterocycles. The Morgan fingerprint density at radius 3 is 2.68 bits per heavy atom. The summed E-state index contributed by atoms with van der Waals surface area (Å²) in [5.41, 5.74) is 0. The predicted molar refractivity (Wildman–Crippen MR) is 100 cm³/mol. The van der Waals surface area contributed by atoms with Gasteiger partial charge < -0.3 is 20.9 Å². The van der Waals surface area contributed by atoms with Crippen LogP contribution in [-0.4, -0.2) is 56.1 Å². The molecule has 2 unspecified atom stereocenters. The molecule has 2 aliphatic rings. The van der Waals surface area contributed by atoms with Crippen molar-refractivity contribution < 1.29 is 9.59 Å². The third-order valence-electron chi connectivity index (χ3n) is 5.22. The number of rotatable bonds is 7. The molecule has 2 rings (SSSR count). The molecule has 3 N–H and O–H groups in total. The van der Waals surface area contributed by atoms with Crippen LogP contribution in [-0.2, 0) is 4.79 Å². The first-order valence-electron chi connectivity index (χ1n) is 10.0. The lowest BCUT2D eigenvalue weighted by Crippen LogP contribution is -2.47. The highest BCUT2D eigenvalue weighted by atomic mass is 16.2. The minimum atomic E-state index is 0.0172. The topological polar surface area (TPSA) is 73.5 Å². The fourth-order valence-electron chi connectivity index (χ4n) is 3.74. The Bertz CT molecular complexity index is 422. The molecule has 3 amide bonds. The molecule has 2 heterocycles. The smallest absolute Gasteiger partial charge is 0.317 e. The van der Waals surface area contributed by atoms with E-state index in [0.717, 1.165) is 45.4 Å². The summed E-state index contributed by atoms with van der Waals surface area (Å²) in [4.78, 5) is 26.3. The van der Waals surface area contributed by atoms with E-state index in [0.29, 0.717) is 31.3 Å². The molecule has 0 saturated carbocycles.